The molecule has 2 nitrogen and oxygen atoms in total. The van der Waals surface area contributed by atoms with E-state index < -0.39 is 0 Å². The van der Waals surface area contributed by atoms with Crippen LogP contribution < -0.4 is 5.32 Å². The summed E-state index contributed by atoms with van der Waals surface area (Å²) in [5, 5.41) is 3.02. The van der Waals surface area contributed by atoms with E-state index in [-0.39, 0.29) is 0 Å². The van der Waals surface area contributed by atoms with Crippen molar-refractivity contribution in [2.75, 3.05) is 20.2 Å². The maximum atomic E-state index is 5.30. The minimum Gasteiger partial charge on any atom is -0.376 e. The van der Waals surface area contributed by atoms with Gasteiger partial charge < -0.3 is 10.1 Å². The van der Waals surface area contributed by atoms with Gasteiger partial charge in [0.2, 0.25) is 0 Å². The van der Waals surface area contributed by atoms with Crippen molar-refractivity contribution in [3.63, 3.8) is 0 Å². The lowest BCUT2D eigenvalue weighted by molar-refractivity contribution is 0.111. The lowest BCUT2D eigenvalue weighted by Crippen LogP contribution is -2.08. The highest BCUT2D eigenvalue weighted by Crippen LogP contribution is 2.14. The lowest BCUT2D eigenvalue weighted by Gasteiger charge is -2.14. The summed E-state index contributed by atoms with van der Waals surface area (Å²) < 4.78 is 5.30. The molecule has 2 rings (SSSR count). The van der Waals surface area contributed by atoms with E-state index in [0.29, 0.717) is 0 Å². The highest BCUT2D eigenvalue weighted by Gasteiger charge is 2.06. The zero-order valence-electron chi connectivity index (χ0n) is 11.8. The van der Waals surface area contributed by atoms with Crippen LogP contribution >= 0.6 is 0 Å². The molecule has 0 spiro atoms. The number of benzene rings is 1. The van der Waals surface area contributed by atoms with Crippen LogP contribution in [0, 0.1) is 0 Å². The van der Waals surface area contributed by atoms with Crippen LogP contribution in [0.4, 0.5) is 0 Å². The number of ether oxygens (including phenoxy) is 1. The van der Waals surface area contributed by atoms with E-state index in [1.807, 2.05) is 20.9 Å². The van der Waals surface area contributed by atoms with E-state index in [4.69, 9.17) is 4.74 Å². The van der Waals surface area contributed by atoms with Gasteiger partial charge in [0.15, 0.2) is 0 Å². The molecule has 0 aliphatic carbocycles. The molecule has 0 aromatic heterocycles. The Bertz CT molecular complexity index is 246. The Kier molecular flexibility index (Phi) is 11.0. The topological polar surface area (TPSA) is 21.3 Å². The molecular formula is C15H27NO. The molecule has 0 unspecified atom stereocenters. The zero-order valence-corrected chi connectivity index (χ0v) is 11.8. The van der Waals surface area contributed by atoms with E-state index in [0.717, 1.165) is 26.2 Å². The van der Waals surface area contributed by atoms with Crippen LogP contribution in [0.25, 0.3) is 0 Å². The fraction of sp³-hybridized carbons (Fsp3) is 0.600. The van der Waals surface area contributed by atoms with Crippen LogP contribution in [-0.2, 0) is 17.8 Å². The number of rotatable bonds is 2. The Balaban J connectivity index is 0.000000315. The molecule has 98 valence electrons. The third kappa shape index (κ3) is 7.14. The van der Waals surface area contributed by atoms with E-state index >= 15 is 0 Å². The SMILES string of the molecule is CC.CCCNC.c1ccc2c(c1)CCOC2. The molecule has 1 aliphatic rings. The minimum absolute atomic E-state index is 0.802. The Labute approximate surface area is 106 Å². The van der Waals surface area contributed by atoms with Crippen molar-refractivity contribution < 1.29 is 4.74 Å². The molecule has 17 heavy (non-hydrogen) atoms. The van der Waals surface area contributed by atoms with Gasteiger partial charge in [-0.05, 0) is 37.6 Å². The molecule has 1 aromatic rings. The average Bonchev–Trinajstić information content (AvgIpc) is 2.43. The summed E-state index contributed by atoms with van der Waals surface area (Å²) in [6.07, 6.45) is 2.31. The molecule has 1 heterocycles. The van der Waals surface area contributed by atoms with E-state index in [9.17, 15) is 0 Å². The quantitative estimate of drug-likeness (QED) is 0.851. The molecule has 1 aromatic carbocycles. The first-order valence-electron chi connectivity index (χ1n) is 6.67. The van der Waals surface area contributed by atoms with Gasteiger partial charge in [-0.3, -0.25) is 0 Å². The largest absolute Gasteiger partial charge is 0.376 e. The van der Waals surface area contributed by atoms with Gasteiger partial charge in [-0.1, -0.05) is 45.0 Å². The molecule has 1 N–H and O–H groups in total. The van der Waals surface area contributed by atoms with Gasteiger partial charge in [-0.25, -0.2) is 0 Å². The van der Waals surface area contributed by atoms with E-state index in [1.54, 1.807) is 0 Å². The van der Waals surface area contributed by atoms with Crippen LogP contribution in [0.1, 0.15) is 38.3 Å². The summed E-state index contributed by atoms with van der Waals surface area (Å²) in [6.45, 7) is 8.98. The molecule has 0 bridgehead atoms. The Hall–Kier alpha value is -0.860. The first kappa shape index (κ1) is 16.1. The summed E-state index contributed by atoms with van der Waals surface area (Å²) >= 11 is 0. The van der Waals surface area contributed by atoms with E-state index in [2.05, 4.69) is 36.5 Å². The first-order valence-corrected chi connectivity index (χ1v) is 6.67. The van der Waals surface area contributed by atoms with Crippen molar-refractivity contribution in [1.82, 2.24) is 5.32 Å². The molecule has 1 aliphatic heterocycles. The molecule has 0 saturated carbocycles. The highest BCUT2D eigenvalue weighted by atomic mass is 16.5. The molecule has 0 amide bonds. The predicted octanol–water partition coefficient (Wildman–Crippen LogP) is 3.40. The number of fused-ring (bicyclic) bond motifs is 1. The fourth-order valence-electron chi connectivity index (χ4n) is 1.56. The van der Waals surface area contributed by atoms with Gasteiger partial charge in [0.1, 0.15) is 0 Å². The summed E-state index contributed by atoms with van der Waals surface area (Å²) in [7, 11) is 1.96. The summed E-state index contributed by atoms with van der Waals surface area (Å²) in [6, 6.07) is 8.46. The number of hydrogen-bond acceptors (Lipinski definition) is 2. The average molecular weight is 237 g/mol. The monoisotopic (exact) mass is 237 g/mol. The van der Waals surface area contributed by atoms with Crippen molar-refractivity contribution >= 4 is 0 Å². The second kappa shape index (κ2) is 11.6. The smallest absolute Gasteiger partial charge is 0.0719 e. The normalized spacial score (nSPS) is 12.5. The Morgan fingerprint density at radius 1 is 1.18 bits per heavy atom. The van der Waals surface area contributed by atoms with Crippen molar-refractivity contribution in [1.29, 1.82) is 0 Å². The van der Waals surface area contributed by atoms with Crippen LogP contribution in [0.3, 0.4) is 0 Å². The van der Waals surface area contributed by atoms with Gasteiger partial charge in [-0.15, -0.1) is 0 Å². The van der Waals surface area contributed by atoms with Crippen molar-refractivity contribution in [2.45, 2.75) is 40.2 Å². The molecule has 2 heteroatoms. The minimum atomic E-state index is 0.802. The molecule has 0 atom stereocenters. The third-order valence-corrected chi connectivity index (χ3v) is 2.39. The maximum absolute atomic E-state index is 5.30. The molecule has 0 fully saturated rings. The van der Waals surface area contributed by atoms with Gasteiger partial charge in [0, 0.05) is 0 Å². The highest BCUT2D eigenvalue weighted by molar-refractivity contribution is 5.27. The molecular weight excluding hydrogens is 210 g/mol. The second-order valence-electron chi connectivity index (χ2n) is 3.67. The van der Waals surface area contributed by atoms with Gasteiger partial charge in [-0.2, -0.15) is 0 Å². The maximum Gasteiger partial charge on any atom is 0.0719 e. The van der Waals surface area contributed by atoms with Gasteiger partial charge in [0.05, 0.1) is 13.2 Å². The first-order chi connectivity index (χ1) is 8.38. The number of hydrogen-bond donors (Lipinski definition) is 1. The Morgan fingerprint density at radius 3 is 2.29 bits per heavy atom. The van der Waals surface area contributed by atoms with Crippen molar-refractivity contribution in [3.8, 4) is 0 Å². The second-order valence-corrected chi connectivity index (χ2v) is 3.67. The van der Waals surface area contributed by atoms with Crippen LogP contribution in [0.5, 0.6) is 0 Å². The van der Waals surface area contributed by atoms with Gasteiger partial charge in [0.25, 0.3) is 0 Å². The van der Waals surface area contributed by atoms with Crippen LogP contribution in [0.2, 0.25) is 0 Å². The lowest BCUT2D eigenvalue weighted by atomic mass is 10.0. The van der Waals surface area contributed by atoms with Gasteiger partial charge >= 0.3 is 0 Å². The van der Waals surface area contributed by atoms with Crippen LogP contribution in [-0.4, -0.2) is 20.2 Å². The third-order valence-electron chi connectivity index (χ3n) is 2.39. The van der Waals surface area contributed by atoms with Crippen molar-refractivity contribution in [3.05, 3.63) is 35.4 Å². The van der Waals surface area contributed by atoms with E-state index in [1.165, 1.54) is 17.5 Å². The number of nitrogens with one attached hydrogen (secondary N) is 1. The fourth-order valence-corrected chi connectivity index (χ4v) is 1.56. The van der Waals surface area contributed by atoms with Crippen molar-refractivity contribution in [2.24, 2.45) is 0 Å². The van der Waals surface area contributed by atoms with Crippen LogP contribution in [0.15, 0.2) is 24.3 Å². The molecule has 0 radical (unpaired) electrons. The Morgan fingerprint density at radius 2 is 1.82 bits per heavy atom. The standard InChI is InChI=1S/C9H10O.C4H11N.C2H6/c1-2-4-9-7-10-6-5-8(9)3-1;1-3-4-5-2;1-2/h1-4H,5-7H2;5H,3-4H2,1-2H3;1-2H3. The predicted molar refractivity (Wildman–Crippen MR) is 75.4 cm³/mol. The summed E-state index contributed by atoms with van der Waals surface area (Å²) in [4.78, 5) is 0. The summed E-state index contributed by atoms with van der Waals surface area (Å²) in [5.74, 6) is 0. The molecule has 0 saturated heterocycles. The zero-order chi connectivity index (χ0) is 12.9. The summed E-state index contributed by atoms with van der Waals surface area (Å²) in [5.41, 5.74) is 2.81.